The first-order valence-corrected chi connectivity index (χ1v) is 5.32. The van der Waals surface area contributed by atoms with Crippen LogP contribution in [0.3, 0.4) is 0 Å². The van der Waals surface area contributed by atoms with Gasteiger partial charge in [0.2, 0.25) is 0 Å². The van der Waals surface area contributed by atoms with Crippen molar-refractivity contribution in [1.82, 2.24) is 10.2 Å². The molecule has 0 aromatic rings. The Balaban J connectivity index is 2.18. The number of hydrogen-bond acceptors (Lipinski definition) is 2. The molecule has 0 aromatic carbocycles. The van der Waals surface area contributed by atoms with Crippen LogP contribution in [0.5, 0.6) is 0 Å². The van der Waals surface area contributed by atoms with Crippen LogP contribution in [0.1, 0.15) is 33.1 Å². The van der Waals surface area contributed by atoms with Crippen LogP contribution in [0.15, 0.2) is 0 Å². The van der Waals surface area contributed by atoms with E-state index < -0.39 is 0 Å². The average Bonchev–Trinajstić information content (AvgIpc) is 2.16. The lowest BCUT2D eigenvalue weighted by Crippen LogP contribution is -2.43. The summed E-state index contributed by atoms with van der Waals surface area (Å²) in [6.45, 7) is 9.33. The summed E-state index contributed by atoms with van der Waals surface area (Å²) in [5, 5.41) is 3.58. The van der Waals surface area contributed by atoms with E-state index in [0.29, 0.717) is 0 Å². The molecule has 0 saturated carbocycles. The quantitative estimate of drug-likeness (QED) is 0.687. The Bertz CT molecular complexity index is 104. The third-order valence-electron chi connectivity index (χ3n) is 2.79. The predicted octanol–water partition coefficient (Wildman–Crippen LogP) is 1.47. The second kappa shape index (κ2) is 5.55. The van der Waals surface area contributed by atoms with Gasteiger partial charge in [0, 0.05) is 12.6 Å². The largest absolute Gasteiger partial charge is 0.313 e. The summed E-state index contributed by atoms with van der Waals surface area (Å²) in [4.78, 5) is 2.50. The summed E-state index contributed by atoms with van der Waals surface area (Å²) in [6.07, 6.45) is 4.16. The minimum Gasteiger partial charge on any atom is -0.313 e. The molecule has 2 nitrogen and oxygen atoms in total. The van der Waals surface area contributed by atoms with Crippen LogP contribution in [0.2, 0.25) is 0 Å². The second-order valence-electron chi connectivity index (χ2n) is 3.63. The number of nitrogens with zero attached hydrogens (tertiary/aromatic N) is 1. The average molecular weight is 170 g/mol. The standard InChI is InChI=1S/C10H22N2/c1-3-12(4-2)9-10-7-5-6-8-11-10/h10-11H,3-9H2,1-2H3/t10-/m0/s1. The van der Waals surface area contributed by atoms with E-state index in [0.717, 1.165) is 6.04 Å². The van der Waals surface area contributed by atoms with Gasteiger partial charge >= 0.3 is 0 Å². The van der Waals surface area contributed by atoms with Gasteiger partial charge in [0.05, 0.1) is 0 Å². The zero-order valence-corrected chi connectivity index (χ0v) is 8.47. The molecule has 0 bridgehead atoms. The molecule has 1 aliphatic rings. The van der Waals surface area contributed by atoms with Gasteiger partial charge in [-0.25, -0.2) is 0 Å². The first-order chi connectivity index (χ1) is 5.86. The first-order valence-electron chi connectivity index (χ1n) is 5.32. The lowest BCUT2D eigenvalue weighted by atomic mass is 10.0. The van der Waals surface area contributed by atoms with E-state index in [1.165, 1.54) is 45.4 Å². The summed E-state index contributed by atoms with van der Waals surface area (Å²) >= 11 is 0. The molecule has 1 fully saturated rings. The Morgan fingerprint density at radius 3 is 2.50 bits per heavy atom. The summed E-state index contributed by atoms with van der Waals surface area (Å²) in [5.41, 5.74) is 0. The summed E-state index contributed by atoms with van der Waals surface area (Å²) in [5.74, 6) is 0. The zero-order valence-electron chi connectivity index (χ0n) is 8.47. The molecular weight excluding hydrogens is 148 g/mol. The first kappa shape index (κ1) is 10.0. The Kier molecular flexibility index (Phi) is 4.62. The molecule has 1 atom stereocenters. The molecule has 1 rings (SSSR count). The molecule has 12 heavy (non-hydrogen) atoms. The van der Waals surface area contributed by atoms with Crippen LogP contribution in [0.25, 0.3) is 0 Å². The van der Waals surface area contributed by atoms with Crippen LogP contribution >= 0.6 is 0 Å². The van der Waals surface area contributed by atoms with Gasteiger partial charge in [-0.05, 0) is 32.5 Å². The summed E-state index contributed by atoms with van der Waals surface area (Å²) in [7, 11) is 0. The molecular formula is C10H22N2. The molecule has 0 amide bonds. The van der Waals surface area contributed by atoms with Crippen LogP contribution < -0.4 is 5.32 Å². The number of nitrogens with one attached hydrogen (secondary N) is 1. The second-order valence-corrected chi connectivity index (χ2v) is 3.63. The number of piperidine rings is 1. The molecule has 1 heterocycles. The van der Waals surface area contributed by atoms with Gasteiger partial charge in [0.25, 0.3) is 0 Å². The van der Waals surface area contributed by atoms with Gasteiger partial charge < -0.3 is 10.2 Å². The fraction of sp³-hybridized carbons (Fsp3) is 1.00. The maximum Gasteiger partial charge on any atom is 0.0195 e. The fourth-order valence-electron chi connectivity index (χ4n) is 1.87. The van der Waals surface area contributed by atoms with Gasteiger partial charge in [-0.1, -0.05) is 20.3 Å². The van der Waals surface area contributed by atoms with Crippen molar-refractivity contribution in [2.75, 3.05) is 26.2 Å². The van der Waals surface area contributed by atoms with E-state index in [4.69, 9.17) is 0 Å². The third-order valence-corrected chi connectivity index (χ3v) is 2.79. The molecule has 1 saturated heterocycles. The smallest absolute Gasteiger partial charge is 0.0195 e. The van der Waals surface area contributed by atoms with Gasteiger partial charge in [-0.15, -0.1) is 0 Å². The van der Waals surface area contributed by atoms with Crippen molar-refractivity contribution in [3.05, 3.63) is 0 Å². The highest BCUT2D eigenvalue weighted by atomic mass is 15.1. The molecule has 0 unspecified atom stereocenters. The van der Waals surface area contributed by atoms with E-state index in [-0.39, 0.29) is 0 Å². The van der Waals surface area contributed by atoms with E-state index in [1.54, 1.807) is 0 Å². The summed E-state index contributed by atoms with van der Waals surface area (Å²) in [6, 6.07) is 0.763. The highest BCUT2D eigenvalue weighted by Gasteiger charge is 2.14. The monoisotopic (exact) mass is 170 g/mol. The SMILES string of the molecule is CCN(CC)C[C@@H]1CCCCN1. The molecule has 2 heteroatoms. The Morgan fingerprint density at radius 2 is 2.00 bits per heavy atom. The fourth-order valence-corrected chi connectivity index (χ4v) is 1.87. The molecule has 1 aliphatic heterocycles. The van der Waals surface area contributed by atoms with E-state index >= 15 is 0 Å². The van der Waals surface area contributed by atoms with Gasteiger partial charge in [-0.3, -0.25) is 0 Å². The Labute approximate surface area is 76.3 Å². The molecule has 72 valence electrons. The maximum absolute atomic E-state index is 3.58. The molecule has 0 radical (unpaired) electrons. The number of likely N-dealkylation sites (N-methyl/N-ethyl adjacent to an activating group) is 1. The molecule has 0 aromatic heterocycles. The van der Waals surface area contributed by atoms with Crippen molar-refractivity contribution in [2.45, 2.75) is 39.2 Å². The molecule has 1 N–H and O–H groups in total. The van der Waals surface area contributed by atoms with Crippen molar-refractivity contribution < 1.29 is 0 Å². The third kappa shape index (κ3) is 3.11. The number of hydrogen-bond donors (Lipinski definition) is 1. The van der Waals surface area contributed by atoms with E-state index in [2.05, 4.69) is 24.1 Å². The lowest BCUT2D eigenvalue weighted by molar-refractivity contribution is 0.243. The normalized spacial score (nSPS) is 24.8. The van der Waals surface area contributed by atoms with Crippen molar-refractivity contribution in [3.8, 4) is 0 Å². The Hall–Kier alpha value is -0.0800. The maximum atomic E-state index is 3.58. The van der Waals surface area contributed by atoms with Crippen molar-refractivity contribution in [3.63, 3.8) is 0 Å². The van der Waals surface area contributed by atoms with Crippen LogP contribution in [0.4, 0.5) is 0 Å². The predicted molar refractivity (Wildman–Crippen MR) is 53.4 cm³/mol. The topological polar surface area (TPSA) is 15.3 Å². The highest BCUT2D eigenvalue weighted by molar-refractivity contribution is 4.75. The van der Waals surface area contributed by atoms with E-state index in [1.807, 2.05) is 0 Å². The van der Waals surface area contributed by atoms with Crippen LogP contribution in [0, 0.1) is 0 Å². The molecule has 0 aliphatic carbocycles. The molecule has 0 spiro atoms. The van der Waals surface area contributed by atoms with Crippen molar-refractivity contribution >= 4 is 0 Å². The number of rotatable bonds is 4. The lowest BCUT2D eigenvalue weighted by Gasteiger charge is -2.29. The minimum absolute atomic E-state index is 0.763. The van der Waals surface area contributed by atoms with Gasteiger partial charge in [-0.2, -0.15) is 0 Å². The van der Waals surface area contributed by atoms with Crippen LogP contribution in [-0.4, -0.2) is 37.1 Å². The van der Waals surface area contributed by atoms with Gasteiger partial charge in [0.15, 0.2) is 0 Å². The highest BCUT2D eigenvalue weighted by Crippen LogP contribution is 2.07. The minimum atomic E-state index is 0.763. The summed E-state index contributed by atoms with van der Waals surface area (Å²) < 4.78 is 0. The van der Waals surface area contributed by atoms with Crippen molar-refractivity contribution in [1.29, 1.82) is 0 Å². The van der Waals surface area contributed by atoms with E-state index in [9.17, 15) is 0 Å². The zero-order chi connectivity index (χ0) is 8.81. The van der Waals surface area contributed by atoms with Gasteiger partial charge in [0.1, 0.15) is 0 Å². The Morgan fingerprint density at radius 1 is 1.25 bits per heavy atom. The van der Waals surface area contributed by atoms with Crippen molar-refractivity contribution in [2.24, 2.45) is 0 Å². The van der Waals surface area contributed by atoms with Crippen LogP contribution in [-0.2, 0) is 0 Å².